The topological polar surface area (TPSA) is 74.6 Å². The molecular formula is C18H18O4. The predicted octanol–water partition coefficient (Wildman–Crippen LogP) is 2.95. The second-order valence-electron chi connectivity index (χ2n) is 4.38. The Labute approximate surface area is 130 Å². The fourth-order valence-electron chi connectivity index (χ4n) is 1.26. The van der Waals surface area contributed by atoms with Gasteiger partial charge < -0.3 is 10.2 Å². The summed E-state index contributed by atoms with van der Waals surface area (Å²) >= 11 is 0. The lowest BCUT2D eigenvalue weighted by Gasteiger charge is -2.05. The summed E-state index contributed by atoms with van der Waals surface area (Å²) in [6.45, 7) is 6.91. The van der Waals surface area contributed by atoms with Gasteiger partial charge in [-0.25, -0.2) is 9.59 Å². The number of carboxylic acids is 2. The van der Waals surface area contributed by atoms with Crippen LogP contribution >= 0.6 is 0 Å². The molecule has 0 amide bonds. The number of rotatable bonds is 4. The summed E-state index contributed by atoms with van der Waals surface area (Å²) in [6, 6.07) is 0. The van der Waals surface area contributed by atoms with Gasteiger partial charge in [0.25, 0.3) is 0 Å². The van der Waals surface area contributed by atoms with Gasteiger partial charge in [-0.2, -0.15) is 0 Å². The van der Waals surface area contributed by atoms with Crippen LogP contribution in [0.5, 0.6) is 0 Å². The average molecular weight is 298 g/mol. The van der Waals surface area contributed by atoms with Crippen LogP contribution in [0.3, 0.4) is 0 Å². The van der Waals surface area contributed by atoms with Crippen LogP contribution in [0.15, 0.2) is 46.6 Å². The highest BCUT2D eigenvalue weighted by atomic mass is 16.4. The van der Waals surface area contributed by atoms with Crippen LogP contribution in [-0.2, 0) is 9.59 Å². The van der Waals surface area contributed by atoms with Gasteiger partial charge in [-0.3, -0.25) is 0 Å². The molecule has 4 heteroatoms. The predicted molar refractivity (Wildman–Crippen MR) is 85.9 cm³/mol. The Bertz CT molecular complexity index is 693. The lowest BCUT2D eigenvalue weighted by Crippen LogP contribution is -2.01. The van der Waals surface area contributed by atoms with Crippen LogP contribution < -0.4 is 0 Å². The highest BCUT2D eigenvalue weighted by molar-refractivity contribution is 5.87. The molecule has 0 atom stereocenters. The van der Waals surface area contributed by atoms with E-state index in [9.17, 15) is 9.59 Å². The summed E-state index contributed by atoms with van der Waals surface area (Å²) in [5, 5.41) is 17.3. The zero-order valence-corrected chi connectivity index (χ0v) is 13.0. The van der Waals surface area contributed by atoms with E-state index in [0.717, 1.165) is 17.2 Å². The van der Waals surface area contributed by atoms with Crippen LogP contribution in [0.25, 0.3) is 0 Å². The first kappa shape index (κ1) is 19.0. The smallest absolute Gasteiger partial charge is 0.331 e. The number of hydrogen-bond acceptors (Lipinski definition) is 2. The molecule has 2 N–H and O–H groups in total. The maximum absolute atomic E-state index is 10.9. The third kappa shape index (κ3) is 7.57. The first-order chi connectivity index (χ1) is 10.3. The van der Waals surface area contributed by atoms with Crippen LogP contribution in [0.4, 0.5) is 0 Å². The van der Waals surface area contributed by atoms with E-state index in [1.165, 1.54) is 18.2 Å². The molecule has 0 spiro atoms. The Morgan fingerprint density at radius 1 is 0.864 bits per heavy atom. The van der Waals surface area contributed by atoms with E-state index in [1.807, 2.05) is 6.92 Å². The molecule has 0 aliphatic carbocycles. The van der Waals surface area contributed by atoms with Gasteiger partial charge in [0, 0.05) is 17.2 Å². The molecule has 22 heavy (non-hydrogen) atoms. The quantitative estimate of drug-likeness (QED) is 0.475. The molecule has 0 unspecified atom stereocenters. The zero-order chi connectivity index (χ0) is 17.1. The third-order valence-electron chi connectivity index (χ3n) is 2.92. The molecule has 0 saturated heterocycles. The first-order valence-corrected chi connectivity index (χ1v) is 6.43. The van der Waals surface area contributed by atoms with E-state index in [-0.39, 0.29) is 5.57 Å². The molecule has 0 bridgehead atoms. The molecule has 114 valence electrons. The van der Waals surface area contributed by atoms with E-state index < -0.39 is 11.9 Å². The largest absolute Gasteiger partial charge is 0.478 e. The second-order valence-corrected chi connectivity index (χ2v) is 4.38. The van der Waals surface area contributed by atoms with Gasteiger partial charge in [0.1, 0.15) is 0 Å². The van der Waals surface area contributed by atoms with Gasteiger partial charge in [0.05, 0.1) is 0 Å². The zero-order valence-electron chi connectivity index (χ0n) is 13.0. The van der Waals surface area contributed by atoms with Crippen molar-refractivity contribution in [3.05, 3.63) is 46.6 Å². The van der Waals surface area contributed by atoms with Gasteiger partial charge in [-0.1, -0.05) is 24.0 Å². The summed E-state index contributed by atoms with van der Waals surface area (Å²) in [5.41, 5.74) is 2.54. The van der Waals surface area contributed by atoms with Gasteiger partial charge in [0.2, 0.25) is 0 Å². The van der Waals surface area contributed by atoms with Crippen molar-refractivity contribution < 1.29 is 19.8 Å². The molecule has 0 aromatic rings. The highest BCUT2D eigenvalue weighted by Crippen LogP contribution is 2.17. The standard InChI is InChI=1S/C18H18O4/c1-13(14(2)15(3)16(4)18(21)22)11-9-7-5-6-8-10-12-17(19)20/h6,8,10,12H,1-4H3,(H,19,20)(H,21,22)/b8-6+,12-10+,14-13+,16-15+. The van der Waals surface area contributed by atoms with Crippen molar-refractivity contribution in [2.24, 2.45) is 0 Å². The van der Waals surface area contributed by atoms with E-state index in [1.54, 1.807) is 20.8 Å². The molecule has 0 aromatic heterocycles. The van der Waals surface area contributed by atoms with Crippen molar-refractivity contribution >= 4 is 11.9 Å². The van der Waals surface area contributed by atoms with Crippen molar-refractivity contribution in [2.75, 3.05) is 0 Å². The van der Waals surface area contributed by atoms with Crippen LogP contribution in [0, 0.1) is 23.7 Å². The Morgan fingerprint density at radius 3 is 2.05 bits per heavy atom. The van der Waals surface area contributed by atoms with Crippen LogP contribution in [-0.4, -0.2) is 22.2 Å². The molecule has 0 aliphatic heterocycles. The lowest BCUT2D eigenvalue weighted by molar-refractivity contribution is -0.133. The molecule has 0 aromatic carbocycles. The molecule has 0 rings (SSSR count). The SMILES string of the molecule is C/C(C#CC#C/C=C/C=C/C(=O)O)=C(C)\C(C)=C(/C)C(=O)O. The molecule has 0 saturated carbocycles. The Hall–Kier alpha value is -2.98. The Balaban J connectivity index is 5.00. The maximum Gasteiger partial charge on any atom is 0.331 e. The van der Waals surface area contributed by atoms with Crippen molar-refractivity contribution in [1.29, 1.82) is 0 Å². The number of allylic oxidation sites excluding steroid dienone is 6. The number of hydrogen-bond donors (Lipinski definition) is 2. The normalized spacial score (nSPS) is 12.7. The van der Waals surface area contributed by atoms with E-state index >= 15 is 0 Å². The minimum Gasteiger partial charge on any atom is -0.478 e. The number of carboxylic acid groups (broad SMARTS) is 2. The van der Waals surface area contributed by atoms with Gasteiger partial charge in [-0.15, -0.1) is 0 Å². The van der Waals surface area contributed by atoms with E-state index in [2.05, 4.69) is 23.7 Å². The molecular weight excluding hydrogens is 280 g/mol. The lowest BCUT2D eigenvalue weighted by atomic mass is 10.00. The summed E-state index contributed by atoms with van der Waals surface area (Å²) < 4.78 is 0. The van der Waals surface area contributed by atoms with E-state index in [0.29, 0.717) is 5.57 Å². The fourth-order valence-corrected chi connectivity index (χ4v) is 1.26. The fraction of sp³-hybridized carbons (Fsp3) is 0.222. The molecule has 0 fully saturated rings. The minimum atomic E-state index is -1.02. The van der Waals surface area contributed by atoms with Crippen molar-refractivity contribution in [3.8, 4) is 23.7 Å². The summed E-state index contributed by atoms with van der Waals surface area (Å²) in [7, 11) is 0. The van der Waals surface area contributed by atoms with Crippen molar-refractivity contribution in [2.45, 2.75) is 27.7 Å². The van der Waals surface area contributed by atoms with Gasteiger partial charge in [-0.05, 0) is 56.8 Å². The van der Waals surface area contributed by atoms with Crippen molar-refractivity contribution in [1.82, 2.24) is 0 Å². The average Bonchev–Trinajstić information content (AvgIpc) is 2.46. The molecule has 0 radical (unpaired) electrons. The van der Waals surface area contributed by atoms with Gasteiger partial charge >= 0.3 is 11.9 Å². The molecule has 4 nitrogen and oxygen atoms in total. The van der Waals surface area contributed by atoms with E-state index in [4.69, 9.17) is 10.2 Å². The summed E-state index contributed by atoms with van der Waals surface area (Å²) in [4.78, 5) is 21.1. The summed E-state index contributed by atoms with van der Waals surface area (Å²) in [6.07, 6.45) is 5.35. The number of aliphatic carboxylic acids is 2. The number of carbonyl (C=O) groups is 2. The van der Waals surface area contributed by atoms with Gasteiger partial charge in [0.15, 0.2) is 0 Å². The third-order valence-corrected chi connectivity index (χ3v) is 2.92. The van der Waals surface area contributed by atoms with Crippen molar-refractivity contribution in [3.63, 3.8) is 0 Å². The molecule has 0 aliphatic rings. The minimum absolute atomic E-state index is 0.290. The van der Waals surface area contributed by atoms with Crippen LogP contribution in [0.1, 0.15) is 27.7 Å². The summed E-state index contributed by atoms with van der Waals surface area (Å²) in [5.74, 6) is 8.79. The highest BCUT2D eigenvalue weighted by Gasteiger charge is 2.07. The first-order valence-electron chi connectivity index (χ1n) is 6.43. The Kier molecular flexibility index (Phi) is 8.52. The maximum atomic E-state index is 10.9. The Morgan fingerprint density at radius 2 is 1.50 bits per heavy atom. The second kappa shape index (κ2) is 9.85. The van der Waals surface area contributed by atoms with Crippen LogP contribution in [0.2, 0.25) is 0 Å². The molecule has 0 heterocycles. The monoisotopic (exact) mass is 298 g/mol.